The van der Waals surface area contributed by atoms with Gasteiger partial charge in [0, 0.05) is 26.7 Å². The summed E-state index contributed by atoms with van der Waals surface area (Å²) in [5.41, 5.74) is -1.10. The Morgan fingerprint density at radius 3 is 2.81 bits per heavy atom. The highest BCUT2D eigenvalue weighted by molar-refractivity contribution is 7.89. The topological polar surface area (TPSA) is 84.9 Å². The Morgan fingerprint density at radius 2 is 2.31 bits per heavy atom. The van der Waals surface area contributed by atoms with E-state index in [1.54, 1.807) is 6.92 Å². The molecular weight excluding hydrogens is 234 g/mol. The Morgan fingerprint density at radius 1 is 1.62 bits per heavy atom. The molecule has 1 saturated heterocycles. The quantitative estimate of drug-likeness (QED) is 0.640. The van der Waals surface area contributed by atoms with Crippen LogP contribution in [0.25, 0.3) is 0 Å². The van der Waals surface area contributed by atoms with Crippen molar-refractivity contribution in [3.8, 4) is 0 Å². The molecule has 0 bridgehead atoms. The highest BCUT2D eigenvalue weighted by atomic mass is 32.2. The molecule has 2 N–H and O–H groups in total. The lowest BCUT2D eigenvalue weighted by Crippen LogP contribution is -2.48. The molecule has 1 fully saturated rings. The third-order valence-corrected chi connectivity index (χ3v) is 4.10. The van der Waals surface area contributed by atoms with Crippen LogP contribution in [0.4, 0.5) is 0 Å². The zero-order valence-electron chi connectivity index (χ0n) is 9.60. The third-order valence-electron chi connectivity index (χ3n) is 2.81. The summed E-state index contributed by atoms with van der Waals surface area (Å²) in [6.07, 6.45) is 0.0960. The average Bonchev–Trinajstić information content (AvgIpc) is 2.55. The van der Waals surface area contributed by atoms with Crippen molar-refractivity contribution in [2.45, 2.75) is 25.0 Å². The molecule has 0 aliphatic carbocycles. The maximum absolute atomic E-state index is 11.5. The summed E-state index contributed by atoms with van der Waals surface area (Å²) < 4.78 is 35.2. The van der Waals surface area contributed by atoms with Gasteiger partial charge in [0.15, 0.2) is 0 Å². The van der Waals surface area contributed by atoms with Crippen molar-refractivity contribution in [2.75, 3.05) is 32.6 Å². The largest absolute Gasteiger partial charge is 0.386 e. The monoisotopic (exact) mass is 253 g/mol. The summed E-state index contributed by atoms with van der Waals surface area (Å²) in [6.45, 7) is 2.31. The van der Waals surface area contributed by atoms with E-state index in [0.29, 0.717) is 13.0 Å². The van der Waals surface area contributed by atoms with Crippen molar-refractivity contribution >= 4 is 10.0 Å². The fourth-order valence-corrected chi connectivity index (χ4v) is 2.50. The standard InChI is InChI=1S/C9H19NO5S/c1-8-9(11,3-4-15-8)7-10-16(12,13)6-5-14-2/h8,10-11H,3-7H2,1-2H3. The number of ether oxygens (including phenoxy) is 2. The number of nitrogens with one attached hydrogen (secondary N) is 1. The Labute approximate surface area is 96.0 Å². The van der Waals surface area contributed by atoms with Gasteiger partial charge in [0.1, 0.15) is 5.60 Å². The molecule has 7 heteroatoms. The number of methoxy groups -OCH3 is 1. The van der Waals surface area contributed by atoms with Gasteiger partial charge in [0.2, 0.25) is 10.0 Å². The lowest BCUT2D eigenvalue weighted by atomic mass is 9.97. The van der Waals surface area contributed by atoms with E-state index in [0.717, 1.165) is 0 Å². The van der Waals surface area contributed by atoms with Crippen LogP contribution in [0.3, 0.4) is 0 Å². The van der Waals surface area contributed by atoms with Crippen molar-refractivity contribution in [2.24, 2.45) is 0 Å². The van der Waals surface area contributed by atoms with Gasteiger partial charge >= 0.3 is 0 Å². The van der Waals surface area contributed by atoms with Crippen molar-refractivity contribution in [1.82, 2.24) is 4.72 Å². The van der Waals surface area contributed by atoms with Gasteiger partial charge in [-0.2, -0.15) is 0 Å². The molecule has 2 unspecified atom stereocenters. The molecular formula is C9H19NO5S. The Balaban J connectivity index is 2.44. The molecule has 0 amide bonds. The van der Waals surface area contributed by atoms with Gasteiger partial charge in [0.25, 0.3) is 0 Å². The second-order valence-electron chi connectivity index (χ2n) is 4.00. The number of hydrogen-bond donors (Lipinski definition) is 2. The first-order chi connectivity index (χ1) is 7.40. The molecule has 0 saturated carbocycles. The number of hydrogen-bond acceptors (Lipinski definition) is 5. The number of rotatable bonds is 6. The fourth-order valence-electron chi connectivity index (χ4n) is 1.50. The summed E-state index contributed by atoms with van der Waals surface area (Å²) in [4.78, 5) is 0. The predicted octanol–water partition coefficient (Wildman–Crippen LogP) is -0.908. The van der Waals surface area contributed by atoms with Gasteiger partial charge in [0.05, 0.1) is 18.5 Å². The molecule has 0 spiro atoms. The molecule has 2 atom stereocenters. The van der Waals surface area contributed by atoms with E-state index >= 15 is 0 Å². The molecule has 1 rings (SSSR count). The predicted molar refractivity (Wildman–Crippen MR) is 58.6 cm³/mol. The smallest absolute Gasteiger partial charge is 0.213 e. The maximum Gasteiger partial charge on any atom is 0.213 e. The van der Waals surface area contributed by atoms with Crippen LogP contribution in [-0.2, 0) is 19.5 Å². The Hall–Kier alpha value is -0.210. The van der Waals surface area contributed by atoms with Crippen molar-refractivity contribution in [3.05, 3.63) is 0 Å². The van der Waals surface area contributed by atoms with Crippen LogP contribution < -0.4 is 4.72 Å². The number of aliphatic hydroxyl groups is 1. The van der Waals surface area contributed by atoms with Crippen LogP contribution >= 0.6 is 0 Å². The molecule has 0 aromatic carbocycles. The van der Waals surface area contributed by atoms with E-state index in [-0.39, 0.29) is 25.0 Å². The first kappa shape index (κ1) is 13.9. The van der Waals surface area contributed by atoms with Gasteiger partial charge in [-0.15, -0.1) is 0 Å². The summed E-state index contributed by atoms with van der Waals surface area (Å²) in [5, 5.41) is 10.1. The minimum Gasteiger partial charge on any atom is -0.386 e. The molecule has 0 radical (unpaired) electrons. The molecule has 0 aromatic heterocycles. The molecule has 1 aliphatic heterocycles. The van der Waals surface area contributed by atoms with Crippen molar-refractivity contribution in [3.63, 3.8) is 0 Å². The lowest BCUT2D eigenvalue weighted by molar-refractivity contribution is -0.0228. The highest BCUT2D eigenvalue weighted by Gasteiger charge is 2.40. The molecule has 0 aromatic rings. The first-order valence-electron chi connectivity index (χ1n) is 5.20. The van der Waals surface area contributed by atoms with E-state index in [1.165, 1.54) is 7.11 Å². The van der Waals surface area contributed by atoms with Crippen molar-refractivity contribution < 1.29 is 23.0 Å². The summed E-state index contributed by atoms with van der Waals surface area (Å²) in [5.74, 6) is -0.102. The van der Waals surface area contributed by atoms with Crippen LogP contribution in [0.1, 0.15) is 13.3 Å². The fraction of sp³-hybridized carbons (Fsp3) is 1.00. The highest BCUT2D eigenvalue weighted by Crippen LogP contribution is 2.24. The maximum atomic E-state index is 11.5. The normalized spacial score (nSPS) is 30.8. The van der Waals surface area contributed by atoms with Gasteiger partial charge in [-0.25, -0.2) is 13.1 Å². The zero-order valence-corrected chi connectivity index (χ0v) is 10.4. The molecule has 16 heavy (non-hydrogen) atoms. The second kappa shape index (κ2) is 5.42. The van der Waals surface area contributed by atoms with Gasteiger partial charge < -0.3 is 14.6 Å². The van der Waals surface area contributed by atoms with E-state index in [1.807, 2.05) is 0 Å². The number of sulfonamides is 1. The van der Waals surface area contributed by atoms with Gasteiger partial charge in [-0.05, 0) is 6.92 Å². The summed E-state index contributed by atoms with van der Waals surface area (Å²) >= 11 is 0. The van der Waals surface area contributed by atoms with E-state index < -0.39 is 15.6 Å². The molecule has 96 valence electrons. The first-order valence-corrected chi connectivity index (χ1v) is 6.85. The molecule has 1 heterocycles. The summed E-state index contributed by atoms with van der Waals surface area (Å²) in [6, 6.07) is 0. The zero-order chi connectivity index (χ0) is 12.2. The van der Waals surface area contributed by atoms with Crippen molar-refractivity contribution in [1.29, 1.82) is 0 Å². The second-order valence-corrected chi connectivity index (χ2v) is 5.93. The molecule has 6 nitrogen and oxygen atoms in total. The van der Waals surface area contributed by atoms with Crippen LogP contribution in [0.2, 0.25) is 0 Å². The van der Waals surface area contributed by atoms with Gasteiger partial charge in [-0.3, -0.25) is 0 Å². The molecule has 1 aliphatic rings. The minimum atomic E-state index is -3.38. The van der Waals surface area contributed by atoms with Crippen LogP contribution in [0.5, 0.6) is 0 Å². The van der Waals surface area contributed by atoms with Crippen LogP contribution in [-0.4, -0.2) is 57.9 Å². The Bertz CT molecular complexity index is 318. The van der Waals surface area contributed by atoms with Crippen LogP contribution in [0.15, 0.2) is 0 Å². The summed E-state index contributed by atoms with van der Waals surface area (Å²) in [7, 11) is -1.94. The SMILES string of the molecule is COCCS(=O)(=O)NCC1(O)CCOC1C. The van der Waals surface area contributed by atoms with E-state index in [9.17, 15) is 13.5 Å². The van der Waals surface area contributed by atoms with Gasteiger partial charge in [-0.1, -0.05) is 0 Å². The van der Waals surface area contributed by atoms with Crippen LogP contribution in [0, 0.1) is 0 Å². The average molecular weight is 253 g/mol. The minimum absolute atomic E-state index is 0.0137. The Kier molecular flexibility index (Phi) is 4.69. The third kappa shape index (κ3) is 3.67. The van der Waals surface area contributed by atoms with E-state index in [2.05, 4.69) is 9.46 Å². The van der Waals surface area contributed by atoms with E-state index in [4.69, 9.17) is 4.74 Å². The lowest BCUT2D eigenvalue weighted by Gasteiger charge is -2.25.